The van der Waals surface area contributed by atoms with Crippen molar-refractivity contribution >= 4 is 47.4 Å². The highest BCUT2D eigenvalue weighted by Crippen LogP contribution is 2.22. The first-order valence-electron chi connectivity index (χ1n) is 23.8. The van der Waals surface area contributed by atoms with Crippen molar-refractivity contribution in [1.82, 2.24) is 42.0 Å². The molecular weight excluding hydrogens is 933 g/mol. The molecule has 24 nitrogen and oxygen atoms in total. The molecule has 0 aliphatic heterocycles. The fourth-order valence-corrected chi connectivity index (χ4v) is 6.03. The molecule has 0 saturated carbocycles. The number of para-hydroxylation sites is 1. The number of primary amides is 2. The van der Waals surface area contributed by atoms with Crippen molar-refractivity contribution in [2.45, 2.75) is 123 Å². The molecule has 0 fully saturated rings. The third kappa shape index (κ3) is 32.5. The van der Waals surface area contributed by atoms with Gasteiger partial charge in [0.2, 0.25) is 35.4 Å². The molecule has 2 aromatic carbocycles. The number of benzene rings is 2. The molecule has 1 aromatic heterocycles. The van der Waals surface area contributed by atoms with Gasteiger partial charge < -0.3 is 70.1 Å². The van der Waals surface area contributed by atoms with Gasteiger partial charge in [0.1, 0.15) is 18.4 Å². The summed E-state index contributed by atoms with van der Waals surface area (Å²) in [6.07, 6.45) is 3.88. The lowest BCUT2D eigenvalue weighted by Gasteiger charge is -2.35. The lowest BCUT2D eigenvalue weighted by molar-refractivity contribution is -0.140. The average Bonchev–Trinajstić information content (AvgIpc) is 3.86. The molecule has 0 spiro atoms. The standard InChI is InChI=1S/C33H60N10O8.C7H8.C6H9N3O.C2H5NO/c1-22(2)19-29(51-43(25-9-6-5-7-10-25)30(14-17-36)50-42-24(21-44)12-15-34)41-28(47)20-39-32(48)26(13-16-35)40-27(46)11-8-18-38-33(49)31(37-4)23(3)45;1-7-5-3-2-4-6-7;7-6(10)2-1-5-3-8-4-9-5;1-2(3)4/h5-7,9-10,21-24,26,29-31,37,42,45H,8,11-20,34-36H2,1-4H3,(H,38,49)(H,39,48)(H,40,46)(H,41,47);2-6H,1H3;3-4H,1-2H2,(H2,7,10)(H,8,9);1H3,(H2,3,4). The van der Waals surface area contributed by atoms with E-state index in [4.69, 9.17) is 32.6 Å². The quantitative estimate of drug-likeness (QED) is 0.0162. The first-order valence-corrected chi connectivity index (χ1v) is 23.8. The van der Waals surface area contributed by atoms with Crippen LogP contribution >= 0.6 is 0 Å². The van der Waals surface area contributed by atoms with Gasteiger partial charge in [-0.1, -0.05) is 67.9 Å². The zero-order chi connectivity index (χ0) is 54.3. The predicted molar refractivity (Wildman–Crippen MR) is 274 cm³/mol. The van der Waals surface area contributed by atoms with Gasteiger partial charge in [-0.15, -0.1) is 0 Å². The molecule has 0 saturated heterocycles. The summed E-state index contributed by atoms with van der Waals surface area (Å²) in [5.41, 5.74) is 32.2. The molecule has 18 N–H and O–H groups in total. The summed E-state index contributed by atoms with van der Waals surface area (Å²) in [5.74, 6) is -2.50. The summed E-state index contributed by atoms with van der Waals surface area (Å²) in [4.78, 5) is 101. The number of carbonyl (C=O) groups is 7. The number of hydrogen-bond donors (Lipinski definition) is 13. The first kappa shape index (κ1) is 65.6. The van der Waals surface area contributed by atoms with Crippen molar-refractivity contribution < 1.29 is 48.3 Å². The number of carbonyl (C=O) groups excluding carboxylic acids is 7. The Bertz CT molecular complexity index is 1930. The van der Waals surface area contributed by atoms with E-state index in [0.717, 1.165) is 5.69 Å². The molecule has 0 bridgehead atoms. The summed E-state index contributed by atoms with van der Waals surface area (Å²) in [6, 6.07) is 16.9. The maximum Gasteiger partial charge on any atom is 0.243 e. The topological polar surface area (TPSA) is 392 Å². The maximum atomic E-state index is 13.1. The van der Waals surface area contributed by atoms with Gasteiger partial charge in [0.15, 0.2) is 12.5 Å². The number of aromatic amines is 1. The lowest BCUT2D eigenvalue weighted by Crippen LogP contribution is -2.53. The number of anilines is 1. The number of hydroxylamine groups is 2. The van der Waals surface area contributed by atoms with Crippen molar-refractivity contribution in [3.63, 3.8) is 0 Å². The monoisotopic (exact) mass is 1010 g/mol. The third-order valence-electron chi connectivity index (χ3n) is 9.55. The number of H-pyrrole nitrogens is 1. The number of aryl methyl sites for hydroxylation is 2. The number of nitrogens with one attached hydrogen (secondary N) is 7. The number of nitrogens with two attached hydrogens (primary N) is 5. The molecule has 0 aliphatic rings. The highest BCUT2D eigenvalue weighted by atomic mass is 16.8. The SMILES string of the molecule is CC(N)=O.CNC(C(=O)NCCCC(=O)NC(CCN)C(=O)NCC(=O)NC(CC(C)C)ON(c1ccccc1)C(CCN)ONC(C=O)CCN)C(C)O.Cc1ccccc1.NC(=O)CCc1cnc[nH]1. The van der Waals surface area contributed by atoms with Gasteiger partial charge in [0, 0.05) is 44.6 Å². The smallest absolute Gasteiger partial charge is 0.243 e. The van der Waals surface area contributed by atoms with Crippen molar-refractivity contribution in [2.24, 2.45) is 34.6 Å². The third-order valence-corrected chi connectivity index (χ3v) is 9.55. The van der Waals surface area contributed by atoms with Crippen LogP contribution in [-0.4, -0.2) is 133 Å². The number of nitrogens with zero attached hydrogens (tertiary/aromatic N) is 2. The van der Waals surface area contributed by atoms with Crippen molar-refractivity contribution in [2.75, 3.05) is 44.8 Å². The molecule has 3 aromatic rings. The van der Waals surface area contributed by atoms with E-state index < -0.39 is 66.9 Å². The van der Waals surface area contributed by atoms with Gasteiger partial charge in [-0.3, -0.25) is 33.6 Å². The Kier molecular flexibility index (Phi) is 36.7. The Morgan fingerprint density at radius 1 is 0.833 bits per heavy atom. The van der Waals surface area contributed by atoms with Gasteiger partial charge in [-0.25, -0.2) is 14.9 Å². The maximum absolute atomic E-state index is 13.1. The molecule has 1 heterocycles. The molecule has 6 unspecified atom stereocenters. The lowest BCUT2D eigenvalue weighted by atomic mass is 10.1. The molecule has 6 amide bonds. The minimum Gasteiger partial charge on any atom is -0.391 e. The Hall–Kier alpha value is -6.38. The van der Waals surface area contributed by atoms with E-state index in [1.54, 1.807) is 43.8 Å². The van der Waals surface area contributed by atoms with Crippen molar-refractivity contribution in [3.05, 3.63) is 84.4 Å². The highest BCUT2D eigenvalue weighted by molar-refractivity contribution is 5.90. The van der Waals surface area contributed by atoms with Gasteiger partial charge in [0.25, 0.3) is 0 Å². The number of aliphatic hydroxyl groups is 1. The van der Waals surface area contributed by atoms with E-state index in [0.29, 0.717) is 44.1 Å². The minimum absolute atomic E-state index is 0.0212. The minimum atomic E-state index is -0.985. The number of likely N-dealkylation sites (N-methyl/N-ethyl adjacent to an activating group) is 1. The summed E-state index contributed by atoms with van der Waals surface area (Å²) in [7, 11) is 1.56. The summed E-state index contributed by atoms with van der Waals surface area (Å²) < 4.78 is 0. The molecular formula is C48H82N14O10. The second kappa shape index (κ2) is 40.2. The second-order valence-electron chi connectivity index (χ2n) is 16.7. The zero-order valence-corrected chi connectivity index (χ0v) is 42.6. The Labute approximate surface area is 423 Å². The van der Waals surface area contributed by atoms with Crippen LogP contribution in [0.2, 0.25) is 0 Å². The summed E-state index contributed by atoms with van der Waals surface area (Å²) in [6.45, 7) is 9.15. The molecule has 6 atom stereocenters. The van der Waals surface area contributed by atoms with Crippen molar-refractivity contribution in [3.8, 4) is 0 Å². The predicted octanol–water partition coefficient (Wildman–Crippen LogP) is -0.845. The molecule has 3 rings (SSSR count). The van der Waals surface area contributed by atoms with Crippen molar-refractivity contribution in [1.29, 1.82) is 0 Å². The van der Waals surface area contributed by atoms with Gasteiger partial charge >= 0.3 is 0 Å². The molecule has 72 heavy (non-hydrogen) atoms. The first-order chi connectivity index (χ1) is 34.3. The van der Waals surface area contributed by atoms with Crippen LogP contribution in [0.3, 0.4) is 0 Å². The Morgan fingerprint density at radius 3 is 1.93 bits per heavy atom. The van der Waals surface area contributed by atoms with E-state index >= 15 is 0 Å². The number of imidazole rings is 1. The Morgan fingerprint density at radius 2 is 1.44 bits per heavy atom. The summed E-state index contributed by atoms with van der Waals surface area (Å²) in [5, 5.41) is 24.5. The van der Waals surface area contributed by atoms with Crippen LogP contribution in [0.15, 0.2) is 73.2 Å². The van der Waals surface area contributed by atoms with Gasteiger partial charge in [-0.2, -0.15) is 5.48 Å². The number of aliphatic hydroxyl groups excluding tert-OH is 1. The number of hydrogen-bond acceptors (Lipinski definition) is 17. The number of aldehydes is 1. The van der Waals surface area contributed by atoms with Crippen LogP contribution in [0.1, 0.15) is 83.9 Å². The molecule has 0 radical (unpaired) electrons. The number of rotatable bonds is 31. The van der Waals surface area contributed by atoms with Gasteiger partial charge in [0.05, 0.1) is 30.7 Å². The number of aromatic nitrogens is 2. The highest BCUT2D eigenvalue weighted by Gasteiger charge is 2.28. The summed E-state index contributed by atoms with van der Waals surface area (Å²) >= 11 is 0. The number of amides is 6. The van der Waals surface area contributed by atoms with E-state index in [9.17, 15) is 38.7 Å². The van der Waals surface area contributed by atoms with Crippen LogP contribution in [0.4, 0.5) is 5.69 Å². The fourth-order valence-electron chi connectivity index (χ4n) is 6.03. The van der Waals surface area contributed by atoms with E-state index in [1.165, 1.54) is 24.5 Å². The zero-order valence-electron chi connectivity index (χ0n) is 42.6. The van der Waals surface area contributed by atoms with Crippen LogP contribution in [0.5, 0.6) is 0 Å². The van der Waals surface area contributed by atoms with Crippen LogP contribution in [-0.2, 0) is 49.7 Å². The van der Waals surface area contributed by atoms with E-state index in [2.05, 4.69) is 66.8 Å². The van der Waals surface area contributed by atoms with Gasteiger partial charge in [-0.05, 0) is 90.7 Å². The van der Waals surface area contributed by atoms with Crippen LogP contribution in [0, 0.1) is 12.8 Å². The normalized spacial score (nSPS) is 13.0. The largest absolute Gasteiger partial charge is 0.391 e. The second-order valence-corrected chi connectivity index (χ2v) is 16.7. The Balaban J connectivity index is 0.00000195. The molecule has 0 aliphatic carbocycles. The van der Waals surface area contributed by atoms with Crippen LogP contribution < -0.4 is 65.8 Å². The fraction of sp³-hybridized carbons (Fsp3) is 0.542. The van der Waals surface area contributed by atoms with E-state index in [-0.39, 0.29) is 63.2 Å². The van der Waals surface area contributed by atoms with Crippen LogP contribution in [0.25, 0.3) is 0 Å². The average molecular weight is 1020 g/mol. The molecule has 24 heteroatoms. The van der Waals surface area contributed by atoms with E-state index in [1.807, 2.05) is 38.1 Å². The molecule has 404 valence electrons.